The third kappa shape index (κ3) is 4.66. The van der Waals surface area contributed by atoms with Crippen molar-refractivity contribution in [2.75, 3.05) is 6.54 Å². The standard InChI is InChI=1S/C24H23N3O2S/c1-2-27(17-22-25-24(26-29-22)21-14-9-15-30-21)23(28)16-20(18-10-5-3-6-11-18)19-12-7-4-8-13-19/h3-15,20H,2,16-17H2,1H3. The molecule has 0 aliphatic rings. The zero-order chi connectivity index (χ0) is 20.8. The van der Waals surface area contributed by atoms with Crippen molar-refractivity contribution in [1.82, 2.24) is 15.0 Å². The van der Waals surface area contributed by atoms with Crippen LogP contribution in [0.2, 0.25) is 0 Å². The monoisotopic (exact) mass is 417 g/mol. The minimum atomic E-state index is -0.00156. The van der Waals surface area contributed by atoms with Crippen LogP contribution < -0.4 is 0 Å². The van der Waals surface area contributed by atoms with Crippen LogP contribution in [-0.2, 0) is 11.3 Å². The van der Waals surface area contributed by atoms with Crippen LogP contribution in [0.4, 0.5) is 0 Å². The summed E-state index contributed by atoms with van der Waals surface area (Å²) in [6.45, 7) is 2.85. The minimum absolute atomic E-state index is 0.00156. The number of rotatable bonds is 8. The summed E-state index contributed by atoms with van der Waals surface area (Å²) in [5.74, 6) is 1.07. The van der Waals surface area contributed by atoms with Gasteiger partial charge in [-0.15, -0.1) is 11.3 Å². The molecule has 152 valence electrons. The summed E-state index contributed by atoms with van der Waals surface area (Å²) < 4.78 is 5.40. The van der Waals surface area contributed by atoms with Gasteiger partial charge in [-0.05, 0) is 29.5 Å². The summed E-state index contributed by atoms with van der Waals surface area (Å²) in [6, 6.07) is 24.2. The van der Waals surface area contributed by atoms with Gasteiger partial charge in [0.25, 0.3) is 0 Å². The first kappa shape index (κ1) is 20.0. The quantitative estimate of drug-likeness (QED) is 0.387. The molecule has 6 heteroatoms. The molecule has 0 atom stereocenters. The maximum absolute atomic E-state index is 13.2. The van der Waals surface area contributed by atoms with E-state index >= 15 is 0 Å². The van der Waals surface area contributed by atoms with Crippen LogP contribution in [0.5, 0.6) is 0 Å². The second-order valence-electron chi connectivity index (χ2n) is 6.98. The number of carbonyl (C=O) groups excluding carboxylic acids is 1. The lowest BCUT2D eigenvalue weighted by atomic mass is 9.88. The van der Waals surface area contributed by atoms with Crippen LogP contribution in [0.15, 0.2) is 82.7 Å². The number of amides is 1. The van der Waals surface area contributed by atoms with Crippen molar-refractivity contribution in [2.24, 2.45) is 0 Å². The SMILES string of the molecule is CCN(Cc1nc(-c2cccs2)no1)C(=O)CC(c1ccccc1)c1ccccc1. The Labute approximate surface area is 180 Å². The molecule has 2 heterocycles. The van der Waals surface area contributed by atoms with Gasteiger partial charge in [0.05, 0.1) is 11.4 Å². The van der Waals surface area contributed by atoms with Gasteiger partial charge in [0.2, 0.25) is 17.6 Å². The van der Waals surface area contributed by atoms with Crippen LogP contribution in [0, 0.1) is 0 Å². The highest BCUT2D eigenvalue weighted by molar-refractivity contribution is 7.13. The first-order valence-corrected chi connectivity index (χ1v) is 10.9. The molecule has 0 aliphatic carbocycles. The smallest absolute Gasteiger partial charge is 0.246 e. The van der Waals surface area contributed by atoms with E-state index < -0.39 is 0 Å². The van der Waals surface area contributed by atoms with Gasteiger partial charge < -0.3 is 9.42 Å². The highest BCUT2D eigenvalue weighted by Gasteiger charge is 2.23. The second kappa shape index (κ2) is 9.50. The summed E-state index contributed by atoms with van der Waals surface area (Å²) in [7, 11) is 0. The molecule has 30 heavy (non-hydrogen) atoms. The lowest BCUT2D eigenvalue weighted by Crippen LogP contribution is -2.31. The van der Waals surface area contributed by atoms with E-state index in [4.69, 9.17) is 4.52 Å². The average molecular weight is 418 g/mol. The second-order valence-corrected chi connectivity index (χ2v) is 7.92. The van der Waals surface area contributed by atoms with Crippen LogP contribution in [0.1, 0.15) is 36.3 Å². The molecular weight excluding hydrogens is 394 g/mol. The molecule has 0 aliphatic heterocycles. The van der Waals surface area contributed by atoms with E-state index in [9.17, 15) is 4.79 Å². The van der Waals surface area contributed by atoms with Gasteiger partial charge in [-0.25, -0.2) is 0 Å². The Bertz CT molecular complexity index is 1020. The summed E-state index contributed by atoms with van der Waals surface area (Å²) in [4.78, 5) is 20.4. The average Bonchev–Trinajstić information content (AvgIpc) is 3.49. The van der Waals surface area contributed by atoms with Crippen LogP contribution >= 0.6 is 11.3 Å². The largest absolute Gasteiger partial charge is 0.337 e. The van der Waals surface area contributed by atoms with E-state index in [2.05, 4.69) is 34.4 Å². The lowest BCUT2D eigenvalue weighted by molar-refractivity contribution is -0.132. The number of aromatic nitrogens is 2. The summed E-state index contributed by atoms with van der Waals surface area (Å²) >= 11 is 1.56. The van der Waals surface area contributed by atoms with Crippen molar-refractivity contribution >= 4 is 17.2 Å². The molecule has 0 unspecified atom stereocenters. The fourth-order valence-corrected chi connectivity index (χ4v) is 4.12. The number of carbonyl (C=O) groups is 1. The van der Waals surface area contributed by atoms with Gasteiger partial charge in [0, 0.05) is 18.9 Å². The van der Waals surface area contributed by atoms with Crippen molar-refractivity contribution in [1.29, 1.82) is 0 Å². The lowest BCUT2D eigenvalue weighted by Gasteiger charge is -2.23. The highest BCUT2D eigenvalue weighted by Crippen LogP contribution is 2.29. The minimum Gasteiger partial charge on any atom is -0.337 e. The van der Waals surface area contributed by atoms with Gasteiger partial charge in [-0.1, -0.05) is 71.9 Å². The Kier molecular flexibility index (Phi) is 6.35. The molecule has 0 bridgehead atoms. The van der Waals surface area contributed by atoms with E-state index in [1.807, 2.05) is 60.8 Å². The number of thiophene rings is 1. The van der Waals surface area contributed by atoms with Crippen LogP contribution in [0.3, 0.4) is 0 Å². The Morgan fingerprint density at radius 1 is 1.00 bits per heavy atom. The van der Waals surface area contributed by atoms with Gasteiger partial charge in [-0.2, -0.15) is 4.98 Å². The first-order chi connectivity index (χ1) is 14.7. The zero-order valence-electron chi connectivity index (χ0n) is 16.8. The van der Waals surface area contributed by atoms with E-state index in [0.29, 0.717) is 31.2 Å². The van der Waals surface area contributed by atoms with E-state index in [1.54, 1.807) is 16.2 Å². The van der Waals surface area contributed by atoms with Gasteiger partial charge in [-0.3, -0.25) is 4.79 Å². The molecule has 0 radical (unpaired) electrons. The van der Waals surface area contributed by atoms with Crippen LogP contribution in [-0.4, -0.2) is 27.5 Å². The van der Waals surface area contributed by atoms with E-state index in [-0.39, 0.29) is 11.8 Å². The van der Waals surface area contributed by atoms with Crippen molar-refractivity contribution in [3.05, 3.63) is 95.2 Å². The first-order valence-electron chi connectivity index (χ1n) is 9.98. The summed E-state index contributed by atoms with van der Waals surface area (Å²) in [6.07, 6.45) is 0.383. The highest BCUT2D eigenvalue weighted by atomic mass is 32.1. The maximum atomic E-state index is 13.2. The number of nitrogens with zero attached hydrogens (tertiary/aromatic N) is 3. The summed E-state index contributed by atoms with van der Waals surface area (Å²) in [5.41, 5.74) is 2.26. The van der Waals surface area contributed by atoms with Gasteiger partial charge >= 0.3 is 0 Å². The fourth-order valence-electron chi connectivity index (χ4n) is 3.47. The molecule has 0 N–H and O–H groups in total. The van der Waals surface area contributed by atoms with Crippen molar-refractivity contribution in [2.45, 2.75) is 25.8 Å². The fraction of sp³-hybridized carbons (Fsp3) is 0.208. The predicted octanol–water partition coefficient (Wildman–Crippen LogP) is 5.37. The van der Waals surface area contributed by atoms with Gasteiger partial charge in [0.15, 0.2) is 0 Å². The van der Waals surface area contributed by atoms with Crippen molar-refractivity contribution < 1.29 is 9.32 Å². The molecular formula is C24H23N3O2S. The van der Waals surface area contributed by atoms with E-state index in [0.717, 1.165) is 16.0 Å². The van der Waals surface area contributed by atoms with Gasteiger partial charge in [0.1, 0.15) is 0 Å². The number of hydrogen-bond donors (Lipinski definition) is 0. The maximum Gasteiger partial charge on any atom is 0.246 e. The number of hydrogen-bond acceptors (Lipinski definition) is 5. The molecule has 0 saturated carbocycles. The Balaban J connectivity index is 1.51. The Hall–Kier alpha value is -3.25. The van der Waals surface area contributed by atoms with Crippen LogP contribution in [0.25, 0.3) is 10.7 Å². The Morgan fingerprint density at radius 3 is 2.23 bits per heavy atom. The summed E-state index contributed by atoms with van der Waals surface area (Å²) in [5, 5.41) is 6.02. The molecule has 4 rings (SSSR count). The molecule has 2 aromatic heterocycles. The molecule has 2 aromatic carbocycles. The molecule has 4 aromatic rings. The topological polar surface area (TPSA) is 59.2 Å². The third-order valence-corrected chi connectivity index (χ3v) is 5.92. The van der Waals surface area contributed by atoms with Crippen molar-refractivity contribution in [3.8, 4) is 10.7 Å². The van der Waals surface area contributed by atoms with E-state index in [1.165, 1.54) is 0 Å². The normalized spacial score (nSPS) is 11.0. The molecule has 0 fully saturated rings. The molecule has 1 amide bonds. The molecule has 0 saturated heterocycles. The molecule has 5 nitrogen and oxygen atoms in total. The number of benzene rings is 2. The Morgan fingerprint density at radius 2 is 1.67 bits per heavy atom. The zero-order valence-corrected chi connectivity index (χ0v) is 17.6. The molecule has 0 spiro atoms. The third-order valence-electron chi connectivity index (χ3n) is 5.05. The van der Waals surface area contributed by atoms with Crippen molar-refractivity contribution in [3.63, 3.8) is 0 Å². The predicted molar refractivity (Wildman–Crippen MR) is 118 cm³/mol.